The van der Waals surface area contributed by atoms with Gasteiger partial charge in [-0.25, -0.2) is 0 Å². The third-order valence-electron chi connectivity index (χ3n) is 5.58. The first-order valence-electron chi connectivity index (χ1n) is 8.99. The van der Waals surface area contributed by atoms with Crippen molar-refractivity contribution < 1.29 is 0 Å². The third kappa shape index (κ3) is 7.67. The molecule has 0 fully saturated rings. The van der Waals surface area contributed by atoms with Gasteiger partial charge in [-0.3, -0.25) is 0 Å². The number of hydrogen-bond donors (Lipinski definition) is 0. The van der Waals surface area contributed by atoms with Crippen molar-refractivity contribution in [3.05, 3.63) is 0 Å². The number of hydrogen-bond acceptors (Lipinski definition) is 1. The summed E-state index contributed by atoms with van der Waals surface area (Å²) in [4.78, 5) is 2.39. The van der Waals surface area contributed by atoms with Gasteiger partial charge in [-0.1, -0.05) is 60.8 Å². The quantitative estimate of drug-likeness (QED) is 0.460. The van der Waals surface area contributed by atoms with Crippen molar-refractivity contribution in [1.82, 2.24) is 4.90 Å². The van der Waals surface area contributed by atoms with Crippen LogP contribution in [0.25, 0.3) is 0 Å². The van der Waals surface area contributed by atoms with Gasteiger partial charge >= 0.3 is 0 Å². The molecule has 0 aromatic heterocycles. The fourth-order valence-electron chi connectivity index (χ4n) is 3.36. The van der Waals surface area contributed by atoms with Crippen LogP contribution in [0.4, 0.5) is 0 Å². The van der Waals surface area contributed by atoms with Crippen molar-refractivity contribution in [3.63, 3.8) is 0 Å². The van der Waals surface area contributed by atoms with Crippen LogP contribution in [0.3, 0.4) is 0 Å². The van der Waals surface area contributed by atoms with E-state index in [1.807, 2.05) is 0 Å². The molecule has 0 aromatic rings. The highest BCUT2D eigenvalue weighted by molar-refractivity contribution is 4.71. The van der Waals surface area contributed by atoms with Crippen LogP contribution < -0.4 is 0 Å². The van der Waals surface area contributed by atoms with Gasteiger partial charge in [0, 0.05) is 6.04 Å². The van der Waals surface area contributed by atoms with E-state index < -0.39 is 0 Å². The van der Waals surface area contributed by atoms with Crippen LogP contribution >= 0.6 is 0 Å². The Bertz CT molecular complexity index is 222. The smallest absolute Gasteiger partial charge is 0.00865 e. The molecule has 0 aromatic carbocycles. The van der Waals surface area contributed by atoms with Gasteiger partial charge < -0.3 is 4.90 Å². The summed E-state index contributed by atoms with van der Waals surface area (Å²) < 4.78 is 0. The highest BCUT2D eigenvalue weighted by Gasteiger charge is 2.19. The topological polar surface area (TPSA) is 3.24 Å². The third-order valence-corrected chi connectivity index (χ3v) is 5.58. The van der Waals surface area contributed by atoms with Crippen LogP contribution in [0, 0.1) is 23.7 Å². The highest BCUT2D eigenvalue weighted by Crippen LogP contribution is 2.29. The lowest BCUT2D eigenvalue weighted by Crippen LogP contribution is -2.27. The highest BCUT2D eigenvalue weighted by atomic mass is 15.1. The molecule has 0 saturated carbocycles. The van der Waals surface area contributed by atoms with E-state index in [-0.39, 0.29) is 0 Å². The van der Waals surface area contributed by atoms with E-state index in [9.17, 15) is 0 Å². The van der Waals surface area contributed by atoms with Gasteiger partial charge in [0.05, 0.1) is 0 Å². The summed E-state index contributed by atoms with van der Waals surface area (Å²) in [6.45, 7) is 14.3. The van der Waals surface area contributed by atoms with E-state index in [0.717, 1.165) is 29.7 Å². The molecule has 0 saturated heterocycles. The molecule has 0 aliphatic heterocycles. The minimum atomic E-state index is 0.777. The van der Waals surface area contributed by atoms with Crippen LogP contribution in [-0.4, -0.2) is 25.0 Å². The van der Waals surface area contributed by atoms with Gasteiger partial charge in [0.2, 0.25) is 0 Å². The molecule has 0 radical (unpaired) electrons. The predicted octanol–water partition coefficient (Wildman–Crippen LogP) is 5.84. The molecule has 20 heavy (non-hydrogen) atoms. The van der Waals surface area contributed by atoms with Gasteiger partial charge in [-0.2, -0.15) is 0 Å². The van der Waals surface area contributed by atoms with Crippen molar-refractivity contribution in [1.29, 1.82) is 0 Å². The standard InChI is InChI=1S/C19H41N/c1-9-18(14-16(5)17(6)15(3)4)12-11-13-19(10-2)20(7)8/h15-19H,9-14H2,1-8H3. The predicted molar refractivity (Wildman–Crippen MR) is 93.2 cm³/mol. The van der Waals surface area contributed by atoms with E-state index >= 15 is 0 Å². The number of nitrogens with zero attached hydrogens (tertiary/aromatic N) is 1. The van der Waals surface area contributed by atoms with Crippen molar-refractivity contribution in [3.8, 4) is 0 Å². The monoisotopic (exact) mass is 283 g/mol. The maximum atomic E-state index is 2.46. The van der Waals surface area contributed by atoms with Crippen LogP contribution in [0.1, 0.15) is 80.1 Å². The molecular formula is C19H41N. The number of rotatable bonds is 11. The van der Waals surface area contributed by atoms with Crippen LogP contribution in [-0.2, 0) is 0 Å². The Kier molecular flexibility index (Phi) is 10.6. The first-order valence-corrected chi connectivity index (χ1v) is 8.99. The first kappa shape index (κ1) is 20.0. The van der Waals surface area contributed by atoms with Gasteiger partial charge in [-0.05, 0) is 57.0 Å². The van der Waals surface area contributed by atoms with Crippen molar-refractivity contribution in [2.45, 2.75) is 86.1 Å². The Morgan fingerprint density at radius 3 is 1.85 bits per heavy atom. The SMILES string of the molecule is CCC(CCCC(CC)N(C)C)CC(C)C(C)C(C)C. The molecular weight excluding hydrogens is 242 g/mol. The van der Waals surface area contributed by atoms with Crippen molar-refractivity contribution in [2.24, 2.45) is 23.7 Å². The average molecular weight is 284 g/mol. The Morgan fingerprint density at radius 1 is 0.850 bits per heavy atom. The molecule has 122 valence electrons. The summed E-state index contributed by atoms with van der Waals surface area (Å²) in [5, 5.41) is 0. The summed E-state index contributed by atoms with van der Waals surface area (Å²) in [5.74, 6) is 3.48. The summed E-state index contributed by atoms with van der Waals surface area (Å²) >= 11 is 0. The molecule has 0 N–H and O–H groups in total. The zero-order valence-corrected chi connectivity index (χ0v) is 15.6. The normalized spacial score (nSPS) is 18.3. The van der Waals surface area contributed by atoms with E-state index in [4.69, 9.17) is 0 Å². The molecule has 0 rings (SSSR count). The molecule has 0 amide bonds. The summed E-state index contributed by atoms with van der Waals surface area (Å²) in [7, 11) is 4.44. The zero-order chi connectivity index (χ0) is 15.7. The second kappa shape index (κ2) is 10.7. The molecule has 0 aliphatic carbocycles. The van der Waals surface area contributed by atoms with E-state index in [2.05, 4.69) is 60.5 Å². The Balaban J connectivity index is 4.10. The molecule has 1 nitrogen and oxygen atoms in total. The maximum absolute atomic E-state index is 2.46. The van der Waals surface area contributed by atoms with Crippen LogP contribution in [0.2, 0.25) is 0 Å². The van der Waals surface area contributed by atoms with Gasteiger partial charge in [-0.15, -0.1) is 0 Å². The van der Waals surface area contributed by atoms with Crippen molar-refractivity contribution in [2.75, 3.05) is 14.1 Å². The van der Waals surface area contributed by atoms with Gasteiger partial charge in [0.15, 0.2) is 0 Å². The largest absolute Gasteiger partial charge is 0.306 e. The van der Waals surface area contributed by atoms with E-state index in [1.54, 1.807) is 0 Å². The maximum Gasteiger partial charge on any atom is 0.00865 e. The molecule has 0 aliphatic rings. The summed E-state index contributed by atoms with van der Waals surface area (Å²) in [6.07, 6.45) is 8.26. The van der Waals surface area contributed by atoms with Gasteiger partial charge in [0.25, 0.3) is 0 Å². The van der Waals surface area contributed by atoms with Crippen LogP contribution in [0.5, 0.6) is 0 Å². The molecule has 0 spiro atoms. The second-order valence-electron chi connectivity index (χ2n) is 7.55. The lowest BCUT2D eigenvalue weighted by atomic mass is 9.79. The average Bonchev–Trinajstić information content (AvgIpc) is 2.40. The second-order valence-corrected chi connectivity index (χ2v) is 7.55. The lowest BCUT2D eigenvalue weighted by Gasteiger charge is -2.28. The minimum Gasteiger partial charge on any atom is -0.306 e. The Morgan fingerprint density at radius 2 is 1.45 bits per heavy atom. The summed E-state index contributed by atoms with van der Waals surface area (Å²) in [6, 6.07) is 0.777. The van der Waals surface area contributed by atoms with Gasteiger partial charge in [0.1, 0.15) is 0 Å². The van der Waals surface area contributed by atoms with E-state index in [0.29, 0.717) is 0 Å². The van der Waals surface area contributed by atoms with Crippen LogP contribution in [0.15, 0.2) is 0 Å². The molecule has 0 bridgehead atoms. The zero-order valence-electron chi connectivity index (χ0n) is 15.6. The Hall–Kier alpha value is -0.0400. The molecule has 1 heteroatoms. The minimum absolute atomic E-state index is 0.777. The molecule has 4 unspecified atom stereocenters. The molecule has 4 atom stereocenters. The lowest BCUT2D eigenvalue weighted by molar-refractivity contribution is 0.224. The van der Waals surface area contributed by atoms with Crippen molar-refractivity contribution >= 4 is 0 Å². The first-order chi connectivity index (χ1) is 9.33. The molecule has 0 heterocycles. The Labute approximate surface area is 129 Å². The fourth-order valence-corrected chi connectivity index (χ4v) is 3.36. The van der Waals surface area contributed by atoms with E-state index in [1.165, 1.54) is 38.5 Å². The fraction of sp³-hybridized carbons (Fsp3) is 1.00. The summed E-state index contributed by atoms with van der Waals surface area (Å²) in [5.41, 5.74) is 0.